The molecule has 2 heterocycles. The van der Waals surface area contributed by atoms with Crippen molar-refractivity contribution in [3.8, 4) is 22.6 Å². The highest BCUT2D eigenvalue weighted by molar-refractivity contribution is 5.99. The number of benzene rings is 2. The molecular formula is C24H22FN3O4. The summed E-state index contributed by atoms with van der Waals surface area (Å²) in [6, 6.07) is 12.3. The van der Waals surface area contributed by atoms with Crippen LogP contribution in [0, 0.1) is 5.82 Å². The summed E-state index contributed by atoms with van der Waals surface area (Å²) in [6.07, 6.45) is 6.01. The van der Waals surface area contributed by atoms with Gasteiger partial charge in [0.25, 0.3) is 5.91 Å². The van der Waals surface area contributed by atoms with Crippen molar-refractivity contribution in [1.82, 2.24) is 14.9 Å². The maximum Gasteiger partial charge on any atom is 0.255 e. The summed E-state index contributed by atoms with van der Waals surface area (Å²) < 4.78 is 20.8. The summed E-state index contributed by atoms with van der Waals surface area (Å²) in [7, 11) is 0. The van der Waals surface area contributed by atoms with Crippen LogP contribution < -0.4 is 5.32 Å². The molecule has 4 aromatic rings. The largest absolute Gasteiger partial charge is 0.504 e. The first-order valence-electron chi connectivity index (χ1n) is 10.1. The Kier molecular flexibility index (Phi) is 6.32. The Balaban J connectivity index is 1.30. The lowest BCUT2D eigenvalue weighted by Crippen LogP contribution is -2.25. The number of nitrogens with zero attached hydrogens (tertiary/aromatic N) is 2. The lowest BCUT2D eigenvalue weighted by Gasteiger charge is -2.11. The summed E-state index contributed by atoms with van der Waals surface area (Å²) in [6.45, 7) is 1.14. The number of rotatable bonds is 8. The molecule has 0 bridgehead atoms. The molecular weight excluding hydrogens is 413 g/mol. The smallest absolute Gasteiger partial charge is 0.255 e. The van der Waals surface area contributed by atoms with Gasteiger partial charge in [0.2, 0.25) is 0 Å². The van der Waals surface area contributed by atoms with E-state index in [1.165, 1.54) is 36.4 Å². The molecule has 7 nitrogen and oxygen atoms in total. The number of carbonyl (C=O) groups excluding carboxylic acids is 1. The SMILES string of the molecule is O=C(NCCCOCn1ccc2cnccc21)c1cc(-c2ccc(F)cc2)cc(O)c1O. The van der Waals surface area contributed by atoms with Gasteiger partial charge in [0.1, 0.15) is 12.5 Å². The third-order valence-electron chi connectivity index (χ3n) is 5.06. The van der Waals surface area contributed by atoms with E-state index in [4.69, 9.17) is 4.74 Å². The summed E-state index contributed by atoms with van der Waals surface area (Å²) in [4.78, 5) is 16.6. The Morgan fingerprint density at radius 1 is 1.09 bits per heavy atom. The molecule has 0 aliphatic carbocycles. The Labute approximate surface area is 183 Å². The third kappa shape index (κ3) is 4.70. The van der Waals surface area contributed by atoms with E-state index in [0.717, 1.165) is 10.9 Å². The van der Waals surface area contributed by atoms with Crippen LogP contribution >= 0.6 is 0 Å². The van der Waals surface area contributed by atoms with Gasteiger partial charge in [-0.2, -0.15) is 0 Å². The molecule has 164 valence electrons. The van der Waals surface area contributed by atoms with Gasteiger partial charge in [-0.1, -0.05) is 12.1 Å². The second-order valence-corrected chi connectivity index (χ2v) is 7.27. The molecule has 0 saturated heterocycles. The molecule has 0 radical (unpaired) electrons. The maximum absolute atomic E-state index is 13.2. The topological polar surface area (TPSA) is 96.6 Å². The Bertz CT molecular complexity index is 1240. The van der Waals surface area contributed by atoms with Gasteiger partial charge in [-0.05, 0) is 53.9 Å². The van der Waals surface area contributed by atoms with E-state index in [0.29, 0.717) is 37.4 Å². The van der Waals surface area contributed by atoms with Crippen LogP contribution in [0.1, 0.15) is 16.8 Å². The van der Waals surface area contributed by atoms with Crippen molar-refractivity contribution in [2.75, 3.05) is 13.2 Å². The maximum atomic E-state index is 13.2. The van der Waals surface area contributed by atoms with Crippen molar-refractivity contribution in [2.24, 2.45) is 0 Å². The van der Waals surface area contributed by atoms with Crippen LogP contribution in [-0.4, -0.2) is 38.8 Å². The van der Waals surface area contributed by atoms with E-state index in [-0.39, 0.29) is 11.4 Å². The highest BCUT2D eigenvalue weighted by Gasteiger charge is 2.16. The first-order chi connectivity index (χ1) is 15.5. The molecule has 0 spiro atoms. The van der Waals surface area contributed by atoms with Gasteiger partial charge in [0.15, 0.2) is 11.5 Å². The zero-order chi connectivity index (χ0) is 22.5. The molecule has 0 atom stereocenters. The number of aromatic nitrogens is 2. The molecule has 0 fully saturated rings. The zero-order valence-corrected chi connectivity index (χ0v) is 17.2. The fourth-order valence-electron chi connectivity index (χ4n) is 3.39. The van der Waals surface area contributed by atoms with E-state index in [9.17, 15) is 19.4 Å². The summed E-state index contributed by atoms with van der Waals surface area (Å²) in [5.74, 6) is -1.84. The van der Waals surface area contributed by atoms with Crippen molar-refractivity contribution in [3.05, 3.63) is 78.5 Å². The van der Waals surface area contributed by atoms with Crippen LogP contribution in [0.15, 0.2) is 67.1 Å². The van der Waals surface area contributed by atoms with E-state index in [1.807, 2.05) is 22.9 Å². The monoisotopic (exact) mass is 435 g/mol. The minimum Gasteiger partial charge on any atom is -0.504 e. The fraction of sp³-hybridized carbons (Fsp3) is 0.167. The number of hydrogen-bond donors (Lipinski definition) is 3. The molecule has 0 unspecified atom stereocenters. The Hall–Kier alpha value is -3.91. The van der Waals surface area contributed by atoms with Gasteiger partial charge < -0.3 is 24.8 Å². The molecule has 0 aliphatic heterocycles. The number of halogens is 1. The van der Waals surface area contributed by atoms with Crippen molar-refractivity contribution in [2.45, 2.75) is 13.2 Å². The van der Waals surface area contributed by atoms with Crippen LogP contribution in [0.4, 0.5) is 4.39 Å². The van der Waals surface area contributed by atoms with Gasteiger partial charge >= 0.3 is 0 Å². The number of carbonyl (C=O) groups is 1. The number of ether oxygens (including phenoxy) is 1. The quantitative estimate of drug-likeness (QED) is 0.287. The standard InChI is InChI=1S/C24H22FN3O4/c25-19-4-2-16(3-5-19)18-12-20(23(30)22(29)13-18)24(31)27-8-1-11-32-15-28-10-7-17-14-26-9-6-21(17)28/h2-7,9-10,12-14,29-30H,1,8,11,15H2,(H,27,31). The van der Waals surface area contributed by atoms with Gasteiger partial charge in [-0.3, -0.25) is 9.78 Å². The average Bonchev–Trinajstić information content (AvgIpc) is 3.21. The van der Waals surface area contributed by atoms with Crippen LogP contribution in [0.5, 0.6) is 11.5 Å². The van der Waals surface area contributed by atoms with E-state index in [1.54, 1.807) is 12.4 Å². The van der Waals surface area contributed by atoms with Crippen molar-refractivity contribution in [3.63, 3.8) is 0 Å². The lowest BCUT2D eigenvalue weighted by molar-refractivity contribution is 0.0764. The second-order valence-electron chi connectivity index (χ2n) is 7.27. The minimum atomic E-state index is -0.523. The van der Waals surface area contributed by atoms with Crippen LogP contribution in [-0.2, 0) is 11.5 Å². The predicted octanol–water partition coefficient (Wildman–Crippen LogP) is 4.05. The third-order valence-corrected chi connectivity index (χ3v) is 5.06. The highest BCUT2D eigenvalue weighted by Crippen LogP contribution is 2.34. The van der Waals surface area contributed by atoms with E-state index in [2.05, 4.69) is 10.3 Å². The van der Waals surface area contributed by atoms with Gasteiger partial charge in [0.05, 0.1) is 17.7 Å². The molecule has 2 aromatic carbocycles. The molecule has 0 aliphatic rings. The second kappa shape index (κ2) is 9.49. The van der Waals surface area contributed by atoms with Crippen molar-refractivity contribution < 1.29 is 24.1 Å². The number of hydrogen-bond acceptors (Lipinski definition) is 5. The molecule has 8 heteroatoms. The predicted molar refractivity (Wildman–Crippen MR) is 118 cm³/mol. The fourth-order valence-corrected chi connectivity index (χ4v) is 3.39. The number of phenols is 2. The molecule has 4 rings (SSSR count). The minimum absolute atomic E-state index is 0.0577. The molecule has 2 aromatic heterocycles. The lowest BCUT2D eigenvalue weighted by atomic mass is 10.0. The summed E-state index contributed by atoms with van der Waals surface area (Å²) in [5.41, 5.74) is 2.07. The zero-order valence-electron chi connectivity index (χ0n) is 17.2. The summed E-state index contributed by atoms with van der Waals surface area (Å²) >= 11 is 0. The highest BCUT2D eigenvalue weighted by atomic mass is 19.1. The number of phenolic OH excluding ortho intramolecular Hbond substituents is 2. The van der Waals surface area contributed by atoms with Gasteiger partial charge in [-0.25, -0.2) is 4.39 Å². The normalized spacial score (nSPS) is 11.0. The number of pyridine rings is 1. The number of fused-ring (bicyclic) bond motifs is 1. The number of nitrogens with one attached hydrogen (secondary N) is 1. The van der Waals surface area contributed by atoms with E-state index >= 15 is 0 Å². The molecule has 32 heavy (non-hydrogen) atoms. The average molecular weight is 435 g/mol. The van der Waals surface area contributed by atoms with Crippen LogP contribution in [0.25, 0.3) is 22.0 Å². The molecule has 1 amide bonds. The molecule has 0 saturated carbocycles. The number of aromatic hydroxyl groups is 2. The Morgan fingerprint density at radius 2 is 1.91 bits per heavy atom. The van der Waals surface area contributed by atoms with E-state index < -0.39 is 17.4 Å². The molecule has 3 N–H and O–H groups in total. The Morgan fingerprint density at radius 3 is 2.72 bits per heavy atom. The van der Waals surface area contributed by atoms with Crippen LogP contribution in [0.2, 0.25) is 0 Å². The number of amides is 1. The van der Waals surface area contributed by atoms with Gasteiger partial charge in [-0.15, -0.1) is 0 Å². The summed E-state index contributed by atoms with van der Waals surface area (Å²) in [5, 5.41) is 23.9. The van der Waals surface area contributed by atoms with Crippen molar-refractivity contribution >= 4 is 16.8 Å². The first-order valence-corrected chi connectivity index (χ1v) is 10.1. The van der Waals surface area contributed by atoms with Crippen molar-refractivity contribution in [1.29, 1.82) is 0 Å². The first kappa shape index (κ1) is 21.3. The van der Waals surface area contributed by atoms with Crippen LogP contribution in [0.3, 0.4) is 0 Å². The van der Waals surface area contributed by atoms with Gasteiger partial charge in [0, 0.05) is 30.5 Å².